The van der Waals surface area contributed by atoms with Crippen molar-refractivity contribution in [2.75, 3.05) is 11.9 Å². The molecule has 0 amide bonds. The van der Waals surface area contributed by atoms with E-state index in [2.05, 4.69) is 54.3 Å². The number of rotatable bonds is 5. The highest BCUT2D eigenvalue weighted by atomic mass is 15.1. The Bertz CT molecular complexity index is 508. The van der Waals surface area contributed by atoms with Crippen LogP contribution in [0.1, 0.15) is 19.4 Å². The molecule has 3 nitrogen and oxygen atoms in total. The predicted molar refractivity (Wildman–Crippen MR) is 80.7 cm³/mol. The lowest BCUT2D eigenvalue weighted by atomic mass is 10.2. The molecule has 0 bridgehead atoms. The normalized spacial score (nSPS) is 10.7. The van der Waals surface area contributed by atoms with Gasteiger partial charge < -0.3 is 10.2 Å². The Labute approximate surface area is 115 Å². The van der Waals surface area contributed by atoms with E-state index in [1.54, 1.807) is 0 Å². The lowest BCUT2D eigenvalue weighted by Gasteiger charge is -2.22. The lowest BCUT2D eigenvalue weighted by Crippen LogP contribution is -2.23. The number of benzene rings is 1. The van der Waals surface area contributed by atoms with Gasteiger partial charge in [0.1, 0.15) is 0 Å². The van der Waals surface area contributed by atoms with Crippen molar-refractivity contribution in [3.63, 3.8) is 0 Å². The lowest BCUT2D eigenvalue weighted by molar-refractivity contribution is 0.588. The third-order valence-electron chi connectivity index (χ3n) is 3.09. The van der Waals surface area contributed by atoms with Crippen LogP contribution < -0.4 is 10.2 Å². The van der Waals surface area contributed by atoms with E-state index in [0.29, 0.717) is 6.04 Å². The SMILES string of the molecule is CC(C)NCc1ccncc1N(C)c1ccccc1. The Morgan fingerprint density at radius 3 is 2.58 bits per heavy atom. The number of nitrogens with zero attached hydrogens (tertiary/aromatic N) is 2. The number of hydrogen-bond acceptors (Lipinski definition) is 3. The van der Waals surface area contributed by atoms with E-state index >= 15 is 0 Å². The smallest absolute Gasteiger partial charge is 0.0640 e. The van der Waals surface area contributed by atoms with E-state index in [9.17, 15) is 0 Å². The molecule has 0 aliphatic rings. The van der Waals surface area contributed by atoms with Gasteiger partial charge in [-0.25, -0.2) is 0 Å². The fourth-order valence-electron chi connectivity index (χ4n) is 1.97. The largest absolute Gasteiger partial charge is 0.343 e. The molecule has 100 valence electrons. The molecule has 1 aromatic heterocycles. The maximum absolute atomic E-state index is 4.25. The Kier molecular flexibility index (Phi) is 4.53. The van der Waals surface area contributed by atoms with Crippen molar-refractivity contribution in [3.05, 3.63) is 54.4 Å². The minimum Gasteiger partial charge on any atom is -0.343 e. The van der Waals surface area contributed by atoms with Gasteiger partial charge in [0.15, 0.2) is 0 Å². The second kappa shape index (κ2) is 6.34. The van der Waals surface area contributed by atoms with Gasteiger partial charge in [0.2, 0.25) is 0 Å². The second-order valence-electron chi connectivity index (χ2n) is 4.93. The minimum atomic E-state index is 0.475. The quantitative estimate of drug-likeness (QED) is 0.888. The molecule has 0 atom stereocenters. The fourth-order valence-corrected chi connectivity index (χ4v) is 1.97. The molecule has 0 spiro atoms. The molecule has 0 fully saturated rings. The molecule has 1 aromatic carbocycles. The summed E-state index contributed by atoms with van der Waals surface area (Å²) in [5.41, 5.74) is 3.57. The molecule has 0 radical (unpaired) electrons. The summed E-state index contributed by atoms with van der Waals surface area (Å²) in [7, 11) is 2.07. The molecular formula is C16H21N3. The van der Waals surface area contributed by atoms with Crippen molar-refractivity contribution in [1.29, 1.82) is 0 Å². The van der Waals surface area contributed by atoms with Gasteiger partial charge in [-0.05, 0) is 23.8 Å². The standard InChI is InChI=1S/C16H21N3/c1-13(2)18-11-14-9-10-17-12-16(14)19(3)15-7-5-4-6-8-15/h4-10,12-13,18H,11H2,1-3H3. The average Bonchev–Trinajstić information content (AvgIpc) is 2.45. The molecule has 0 saturated heterocycles. The van der Waals surface area contributed by atoms with Gasteiger partial charge in [0, 0.05) is 31.5 Å². The summed E-state index contributed by atoms with van der Waals surface area (Å²) >= 11 is 0. The van der Waals surface area contributed by atoms with Crippen LogP contribution in [-0.4, -0.2) is 18.1 Å². The predicted octanol–water partition coefficient (Wildman–Crippen LogP) is 3.35. The molecule has 1 N–H and O–H groups in total. The Morgan fingerprint density at radius 1 is 1.16 bits per heavy atom. The van der Waals surface area contributed by atoms with E-state index in [1.165, 1.54) is 11.3 Å². The van der Waals surface area contributed by atoms with Crippen LogP contribution in [0.4, 0.5) is 11.4 Å². The Morgan fingerprint density at radius 2 is 1.89 bits per heavy atom. The summed E-state index contributed by atoms with van der Waals surface area (Å²) in [6.45, 7) is 5.16. The summed E-state index contributed by atoms with van der Waals surface area (Å²) in [5.74, 6) is 0. The third-order valence-corrected chi connectivity index (χ3v) is 3.09. The summed E-state index contributed by atoms with van der Waals surface area (Å²) in [6.07, 6.45) is 3.77. The van der Waals surface area contributed by atoms with Crippen LogP contribution in [0.25, 0.3) is 0 Å². The first-order valence-corrected chi connectivity index (χ1v) is 6.63. The van der Waals surface area contributed by atoms with Crippen LogP contribution >= 0.6 is 0 Å². The highest BCUT2D eigenvalue weighted by Gasteiger charge is 2.09. The summed E-state index contributed by atoms with van der Waals surface area (Å²) in [6, 6.07) is 12.9. The average molecular weight is 255 g/mol. The Balaban J connectivity index is 2.24. The number of para-hydroxylation sites is 1. The van der Waals surface area contributed by atoms with Crippen molar-refractivity contribution in [2.45, 2.75) is 26.4 Å². The second-order valence-corrected chi connectivity index (χ2v) is 4.93. The molecular weight excluding hydrogens is 234 g/mol. The van der Waals surface area contributed by atoms with E-state index in [1.807, 2.05) is 30.6 Å². The highest BCUT2D eigenvalue weighted by Crippen LogP contribution is 2.25. The molecule has 0 aliphatic heterocycles. The van der Waals surface area contributed by atoms with Gasteiger partial charge in [-0.1, -0.05) is 32.0 Å². The van der Waals surface area contributed by atoms with E-state index in [-0.39, 0.29) is 0 Å². The fraction of sp³-hybridized carbons (Fsp3) is 0.312. The minimum absolute atomic E-state index is 0.475. The number of hydrogen-bond donors (Lipinski definition) is 1. The first-order valence-electron chi connectivity index (χ1n) is 6.63. The molecule has 1 heterocycles. The first-order chi connectivity index (χ1) is 9.18. The maximum atomic E-state index is 4.25. The third kappa shape index (κ3) is 3.55. The van der Waals surface area contributed by atoms with Gasteiger partial charge in [-0.3, -0.25) is 4.98 Å². The number of pyridine rings is 1. The van der Waals surface area contributed by atoms with Gasteiger partial charge in [-0.15, -0.1) is 0 Å². The van der Waals surface area contributed by atoms with Gasteiger partial charge >= 0.3 is 0 Å². The van der Waals surface area contributed by atoms with Crippen molar-refractivity contribution in [1.82, 2.24) is 10.3 Å². The molecule has 2 aromatic rings. The van der Waals surface area contributed by atoms with Crippen molar-refractivity contribution < 1.29 is 0 Å². The maximum Gasteiger partial charge on any atom is 0.0640 e. The molecule has 2 rings (SSSR count). The Hall–Kier alpha value is -1.87. The molecule has 3 heteroatoms. The number of anilines is 2. The van der Waals surface area contributed by atoms with Crippen molar-refractivity contribution in [3.8, 4) is 0 Å². The van der Waals surface area contributed by atoms with Gasteiger partial charge in [0.25, 0.3) is 0 Å². The number of nitrogens with one attached hydrogen (secondary N) is 1. The molecule has 0 aliphatic carbocycles. The zero-order valence-electron chi connectivity index (χ0n) is 11.8. The van der Waals surface area contributed by atoms with Crippen LogP contribution in [0.2, 0.25) is 0 Å². The van der Waals surface area contributed by atoms with Crippen LogP contribution in [0.15, 0.2) is 48.8 Å². The topological polar surface area (TPSA) is 28.2 Å². The van der Waals surface area contributed by atoms with Gasteiger partial charge in [-0.2, -0.15) is 0 Å². The van der Waals surface area contributed by atoms with Crippen LogP contribution in [0, 0.1) is 0 Å². The van der Waals surface area contributed by atoms with E-state index < -0.39 is 0 Å². The zero-order chi connectivity index (χ0) is 13.7. The van der Waals surface area contributed by atoms with E-state index in [4.69, 9.17) is 0 Å². The zero-order valence-corrected chi connectivity index (χ0v) is 11.8. The van der Waals surface area contributed by atoms with Crippen LogP contribution in [0.5, 0.6) is 0 Å². The van der Waals surface area contributed by atoms with E-state index in [0.717, 1.165) is 12.2 Å². The van der Waals surface area contributed by atoms with Gasteiger partial charge in [0.05, 0.1) is 11.9 Å². The molecule has 0 unspecified atom stereocenters. The molecule has 19 heavy (non-hydrogen) atoms. The van der Waals surface area contributed by atoms with Crippen molar-refractivity contribution in [2.24, 2.45) is 0 Å². The van der Waals surface area contributed by atoms with Crippen LogP contribution in [-0.2, 0) is 6.54 Å². The highest BCUT2D eigenvalue weighted by molar-refractivity contribution is 5.64. The number of aromatic nitrogens is 1. The van der Waals surface area contributed by atoms with Crippen molar-refractivity contribution >= 4 is 11.4 Å². The first kappa shape index (κ1) is 13.6. The summed E-state index contributed by atoms with van der Waals surface area (Å²) < 4.78 is 0. The van der Waals surface area contributed by atoms with Crippen LogP contribution in [0.3, 0.4) is 0 Å². The summed E-state index contributed by atoms with van der Waals surface area (Å²) in [4.78, 5) is 6.42. The molecule has 0 saturated carbocycles. The summed E-state index contributed by atoms with van der Waals surface area (Å²) in [5, 5.41) is 3.45. The monoisotopic (exact) mass is 255 g/mol.